The van der Waals surface area contributed by atoms with Crippen LogP contribution in [0.25, 0.3) is 0 Å². The van der Waals surface area contributed by atoms with E-state index in [1.807, 2.05) is 72.8 Å². The Morgan fingerprint density at radius 2 is 1.48 bits per heavy atom. The van der Waals surface area contributed by atoms with Gasteiger partial charge in [0.25, 0.3) is 5.91 Å². The third kappa shape index (κ3) is 3.49. The van der Waals surface area contributed by atoms with Gasteiger partial charge < -0.3 is 5.32 Å². The Morgan fingerprint density at radius 1 is 0.880 bits per heavy atom. The number of carbonyl (C=O) groups excluding carboxylic acids is 1. The SMILES string of the molecule is C=CC(NC(=O)c1ccccc1)(c1ccccc1)c1cccc(Cl)c1. The predicted octanol–water partition coefficient (Wildman–Crippen LogP) is 5.20. The van der Waals surface area contributed by atoms with E-state index in [2.05, 4.69) is 11.9 Å². The van der Waals surface area contributed by atoms with Gasteiger partial charge in [0.05, 0.1) is 0 Å². The minimum absolute atomic E-state index is 0.177. The third-order valence-electron chi connectivity index (χ3n) is 4.16. The first-order chi connectivity index (χ1) is 12.2. The molecule has 0 heterocycles. The predicted molar refractivity (Wildman–Crippen MR) is 103 cm³/mol. The van der Waals surface area contributed by atoms with Crippen LogP contribution in [-0.4, -0.2) is 5.91 Å². The fraction of sp³-hybridized carbons (Fsp3) is 0.0455. The van der Waals surface area contributed by atoms with Gasteiger partial charge in [0.1, 0.15) is 5.54 Å². The number of hydrogen-bond donors (Lipinski definition) is 1. The zero-order valence-electron chi connectivity index (χ0n) is 13.7. The van der Waals surface area contributed by atoms with E-state index >= 15 is 0 Å². The van der Waals surface area contributed by atoms with Gasteiger partial charge in [0.2, 0.25) is 0 Å². The number of carbonyl (C=O) groups is 1. The minimum atomic E-state index is -0.876. The normalized spacial score (nSPS) is 12.8. The molecule has 2 nitrogen and oxygen atoms in total. The second kappa shape index (κ2) is 7.37. The maximum Gasteiger partial charge on any atom is 0.252 e. The highest BCUT2D eigenvalue weighted by Crippen LogP contribution is 2.32. The van der Waals surface area contributed by atoms with Crippen LogP contribution in [0.1, 0.15) is 21.5 Å². The second-order valence-electron chi connectivity index (χ2n) is 5.71. The van der Waals surface area contributed by atoms with Gasteiger partial charge in [-0.15, -0.1) is 6.58 Å². The average molecular weight is 348 g/mol. The zero-order chi connectivity index (χ0) is 17.7. The number of nitrogens with one attached hydrogen (secondary N) is 1. The van der Waals surface area contributed by atoms with Gasteiger partial charge in [-0.25, -0.2) is 0 Å². The molecule has 1 N–H and O–H groups in total. The smallest absolute Gasteiger partial charge is 0.252 e. The lowest BCUT2D eigenvalue weighted by Crippen LogP contribution is -2.45. The van der Waals surface area contributed by atoms with Crippen LogP contribution < -0.4 is 5.32 Å². The molecular weight excluding hydrogens is 330 g/mol. The summed E-state index contributed by atoms with van der Waals surface area (Å²) in [7, 11) is 0. The fourth-order valence-electron chi connectivity index (χ4n) is 2.87. The number of amides is 1. The van der Waals surface area contributed by atoms with Gasteiger partial charge in [-0.05, 0) is 35.4 Å². The van der Waals surface area contributed by atoms with Gasteiger partial charge in [-0.1, -0.05) is 78.3 Å². The van der Waals surface area contributed by atoms with E-state index in [4.69, 9.17) is 11.6 Å². The molecule has 1 unspecified atom stereocenters. The molecular formula is C22H18ClNO. The van der Waals surface area contributed by atoms with E-state index in [1.165, 1.54) is 0 Å². The first-order valence-corrected chi connectivity index (χ1v) is 8.36. The van der Waals surface area contributed by atoms with Gasteiger partial charge >= 0.3 is 0 Å². The molecule has 0 fully saturated rings. The molecule has 25 heavy (non-hydrogen) atoms. The van der Waals surface area contributed by atoms with Crippen LogP contribution in [0, 0.1) is 0 Å². The van der Waals surface area contributed by atoms with Crippen molar-refractivity contribution in [1.82, 2.24) is 5.32 Å². The van der Waals surface area contributed by atoms with Crippen LogP contribution in [0.4, 0.5) is 0 Å². The van der Waals surface area contributed by atoms with Crippen LogP contribution in [0.3, 0.4) is 0 Å². The van der Waals surface area contributed by atoms with Crippen LogP contribution in [0.5, 0.6) is 0 Å². The molecule has 0 saturated carbocycles. The standard InChI is InChI=1S/C22H18ClNO/c1-2-22(18-12-7-4-8-13-18,19-14-9-15-20(23)16-19)24-21(25)17-10-5-3-6-11-17/h2-16H,1H2,(H,24,25). The molecule has 1 amide bonds. The number of hydrogen-bond acceptors (Lipinski definition) is 1. The van der Waals surface area contributed by atoms with Crippen molar-refractivity contribution in [3.8, 4) is 0 Å². The summed E-state index contributed by atoms with van der Waals surface area (Å²) in [5.41, 5.74) is 1.48. The van der Waals surface area contributed by atoms with Crippen molar-refractivity contribution >= 4 is 17.5 Å². The van der Waals surface area contributed by atoms with Gasteiger partial charge in [-0.3, -0.25) is 4.79 Å². The molecule has 3 aromatic rings. The van der Waals surface area contributed by atoms with E-state index < -0.39 is 5.54 Å². The van der Waals surface area contributed by atoms with Crippen molar-refractivity contribution in [3.63, 3.8) is 0 Å². The Kier molecular flexibility index (Phi) is 5.01. The molecule has 0 bridgehead atoms. The largest absolute Gasteiger partial charge is 0.335 e. The summed E-state index contributed by atoms with van der Waals surface area (Å²) in [5.74, 6) is -0.177. The van der Waals surface area contributed by atoms with E-state index in [0.29, 0.717) is 10.6 Å². The molecule has 0 spiro atoms. The Labute approximate surface area is 152 Å². The summed E-state index contributed by atoms with van der Waals surface area (Å²) in [6.07, 6.45) is 1.74. The van der Waals surface area contributed by atoms with E-state index in [0.717, 1.165) is 11.1 Å². The quantitative estimate of drug-likeness (QED) is 0.631. The average Bonchev–Trinajstić information content (AvgIpc) is 2.67. The van der Waals surface area contributed by atoms with Crippen molar-refractivity contribution in [2.75, 3.05) is 0 Å². The first kappa shape index (κ1) is 17.0. The molecule has 0 aromatic heterocycles. The van der Waals surface area contributed by atoms with Gasteiger partial charge in [0, 0.05) is 10.6 Å². The molecule has 0 aliphatic heterocycles. The van der Waals surface area contributed by atoms with Gasteiger partial charge in [-0.2, -0.15) is 0 Å². The fourth-order valence-corrected chi connectivity index (χ4v) is 3.06. The molecule has 124 valence electrons. The summed E-state index contributed by atoms with van der Waals surface area (Å²) in [6.45, 7) is 4.00. The van der Waals surface area contributed by atoms with Crippen molar-refractivity contribution < 1.29 is 4.79 Å². The van der Waals surface area contributed by atoms with E-state index in [-0.39, 0.29) is 5.91 Å². The van der Waals surface area contributed by atoms with Crippen molar-refractivity contribution in [3.05, 3.63) is 119 Å². The Hall–Kier alpha value is -2.84. The van der Waals surface area contributed by atoms with Crippen LogP contribution in [0.2, 0.25) is 5.02 Å². The second-order valence-corrected chi connectivity index (χ2v) is 6.15. The van der Waals surface area contributed by atoms with Crippen molar-refractivity contribution in [2.45, 2.75) is 5.54 Å². The highest BCUT2D eigenvalue weighted by Gasteiger charge is 2.33. The topological polar surface area (TPSA) is 29.1 Å². The Balaban J connectivity index is 2.12. The maximum atomic E-state index is 12.9. The molecule has 0 radical (unpaired) electrons. The van der Waals surface area contributed by atoms with E-state index in [9.17, 15) is 4.79 Å². The van der Waals surface area contributed by atoms with Crippen LogP contribution in [0.15, 0.2) is 97.6 Å². The van der Waals surface area contributed by atoms with E-state index in [1.54, 1.807) is 18.2 Å². The van der Waals surface area contributed by atoms with Crippen molar-refractivity contribution in [2.24, 2.45) is 0 Å². The summed E-state index contributed by atoms with van der Waals surface area (Å²) in [5, 5.41) is 3.75. The van der Waals surface area contributed by atoms with Crippen LogP contribution in [-0.2, 0) is 5.54 Å². The lowest BCUT2D eigenvalue weighted by molar-refractivity contribution is 0.0927. The first-order valence-electron chi connectivity index (χ1n) is 7.98. The molecule has 1 atom stereocenters. The lowest BCUT2D eigenvalue weighted by Gasteiger charge is -2.33. The maximum absolute atomic E-state index is 12.9. The van der Waals surface area contributed by atoms with Crippen molar-refractivity contribution in [1.29, 1.82) is 0 Å². The summed E-state index contributed by atoms with van der Waals surface area (Å²) >= 11 is 6.20. The monoisotopic (exact) mass is 347 g/mol. The Bertz CT molecular complexity index is 877. The molecule has 0 aliphatic carbocycles. The number of halogens is 1. The molecule has 3 rings (SSSR count). The summed E-state index contributed by atoms with van der Waals surface area (Å²) < 4.78 is 0. The molecule has 0 aliphatic rings. The Morgan fingerprint density at radius 3 is 2.08 bits per heavy atom. The zero-order valence-corrected chi connectivity index (χ0v) is 14.4. The molecule has 3 aromatic carbocycles. The molecule has 0 saturated heterocycles. The lowest BCUT2D eigenvalue weighted by atomic mass is 9.82. The summed E-state index contributed by atoms with van der Waals surface area (Å²) in [6, 6.07) is 26.3. The highest BCUT2D eigenvalue weighted by molar-refractivity contribution is 6.30. The third-order valence-corrected chi connectivity index (χ3v) is 4.40. The number of rotatable bonds is 5. The highest BCUT2D eigenvalue weighted by atomic mass is 35.5. The van der Waals surface area contributed by atoms with Crippen LogP contribution >= 0.6 is 11.6 Å². The molecule has 3 heteroatoms. The summed E-state index contributed by atoms with van der Waals surface area (Å²) in [4.78, 5) is 12.9. The van der Waals surface area contributed by atoms with Gasteiger partial charge in [0.15, 0.2) is 0 Å². The number of benzene rings is 3. The minimum Gasteiger partial charge on any atom is -0.335 e.